The molecule has 128 valence electrons. The van der Waals surface area contributed by atoms with Crippen LogP contribution in [0.5, 0.6) is 0 Å². The first-order chi connectivity index (χ1) is 10.7. The molecule has 0 atom stereocenters. The lowest BCUT2D eigenvalue weighted by Gasteiger charge is -2.29. The van der Waals surface area contributed by atoms with Crippen molar-refractivity contribution in [1.82, 2.24) is 14.7 Å². The van der Waals surface area contributed by atoms with Crippen molar-refractivity contribution in [1.29, 1.82) is 0 Å². The van der Waals surface area contributed by atoms with Gasteiger partial charge in [-0.05, 0) is 20.8 Å². The highest BCUT2D eigenvalue weighted by molar-refractivity contribution is 5.91. The molecule has 8 nitrogen and oxygen atoms in total. The van der Waals surface area contributed by atoms with Gasteiger partial charge in [-0.25, -0.2) is 4.79 Å². The Balaban J connectivity index is 2.16. The van der Waals surface area contributed by atoms with Gasteiger partial charge in [0.05, 0.1) is 12.2 Å². The van der Waals surface area contributed by atoms with Crippen LogP contribution in [0.3, 0.4) is 0 Å². The van der Waals surface area contributed by atoms with Crippen molar-refractivity contribution < 1.29 is 19.1 Å². The van der Waals surface area contributed by atoms with Gasteiger partial charge in [0.15, 0.2) is 0 Å². The second-order valence-corrected chi connectivity index (χ2v) is 6.53. The number of carbonyl (C=O) groups excluding carboxylic acids is 2. The lowest BCUT2D eigenvalue weighted by molar-refractivity contribution is -0.119. The fourth-order valence-electron chi connectivity index (χ4n) is 2.44. The molecule has 0 aliphatic carbocycles. The Kier molecular flexibility index (Phi) is 4.93. The summed E-state index contributed by atoms with van der Waals surface area (Å²) in [7, 11) is 3.22. The Bertz CT molecular complexity index is 603. The lowest BCUT2D eigenvalue weighted by Crippen LogP contribution is -2.40. The van der Waals surface area contributed by atoms with Gasteiger partial charge >= 0.3 is 6.09 Å². The highest BCUT2D eigenvalue weighted by Gasteiger charge is 2.30. The fourth-order valence-corrected chi connectivity index (χ4v) is 2.44. The molecule has 0 bridgehead atoms. The van der Waals surface area contributed by atoms with Crippen LogP contribution in [0.2, 0.25) is 0 Å². The molecule has 8 heteroatoms. The molecule has 0 unspecified atom stereocenters. The summed E-state index contributed by atoms with van der Waals surface area (Å²) in [6, 6.07) is 0. The number of methoxy groups -OCH3 is 1. The molecule has 0 spiro atoms. The molecule has 1 aliphatic heterocycles. The molecule has 23 heavy (non-hydrogen) atoms. The quantitative estimate of drug-likeness (QED) is 0.906. The maximum absolute atomic E-state index is 12.2. The average Bonchev–Trinajstić information content (AvgIpc) is 2.73. The smallest absolute Gasteiger partial charge is 0.410 e. The van der Waals surface area contributed by atoms with Crippen LogP contribution in [0.1, 0.15) is 32.0 Å². The number of ether oxygens (including phenoxy) is 2. The van der Waals surface area contributed by atoms with E-state index in [0.717, 1.165) is 11.3 Å². The second-order valence-electron chi connectivity index (χ2n) is 6.53. The molecule has 1 aliphatic rings. The zero-order valence-corrected chi connectivity index (χ0v) is 14.3. The van der Waals surface area contributed by atoms with Crippen LogP contribution in [0.15, 0.2) is 0 Å². The summed E-state index contributed by atoms with van der Waals surface area (Å²) < 4.78 is 11.9. The van der Waals surface area contributed by atoms with Crippen molar-refractivity contribution in [2.45, 2.75) is 39.3 Å². The van der Waals surface area contributed by atoms with Gasteiger partial charge in [-0.1, -0.05) is 0 Å². The van der Waals surface area contributed by atoms with Gasteiger partial charge in [-0.3, -0.25) is 9.48 Å². The van der Waals surface area contributed by atoms with Gasteiger partial charge in [-0.2, -0.15) is 5.10 Å². The number of amides is 2. The van der Waals surface area contributed by atoms with Crippen molar-refractivity contribution in [2.24, 2.45) is 7.05 Å². The molecule has 0 fully saturated rings. The van der Waals surface area contributed by atoms with Gasteiger partial charge in [-0.15, -0.1) is 0 Å². The lowest BCUT2D eigenvalue weighted by atomic mass is 10.1. The summed E-state index contributed by atoms with van der Waals surface area (Å²) in [5, 5.41) is 7.20. The third-order valence-corrected chi connectivity index (χ3v) is 3.38. The van der Waals surface area contributed by atoms with E-state index >= 15 is 0 Å². The van der Waals surface area contributed by atoms with Crippen molar-refractivity contribution in [3.8, 4) is 0 Å². The molecular formula is C15H24N4O4. The Hall–Kier alpha value is -2.09. The molecule has 2 amide bonds. The van der Waals surface area contributed by atoms with E-state index in [-0.39, 0.29) is 18.6 Å². The highest BCUT2D eigenvalue weighted by atomic mass is 16.6. The molecule has 2 heterocycles. The maximum Gasteiger partial charge on any atom is 0.410 e. The van der Waals surface area contributed by atoms with E-state index in [9.17, 15) is 9.59 Å². The average molecular weight is 324 g/mol. The largest absolute Gasteiger partial charge is 0.444 e. The van der Waals surface area contributed by atoms with E-state index in [1.807, 2.05) is 20.8 Å². The Morgan fingerprint density at radius 2 is 2.04 bits per heavy atom. The summed E-state index contributed by atoms with van der Waals surface area (Å²) in [5.74, 6) is 0.336. The first-order valence-electron chi connectivity index (χ1n) is 7.52. The molecule has 1 aromatic heterocycles. The summed E-state index contributed by atoms with van der Waals surface area (Å²) in [4.78, 5) is 25.6. The predicted molar refractivity (Wildman–Crippen MR) is 84.1 cm³/mol. The Morgan fingerprint density at radius 3 is 2.65 bits per heavy atom. The van der Waals surface area contributed by atoms with Gasteiger partial charge in [0, 0.05) is 32.7 Å². The number of fused-ring (bicyclic) bond motifs is 1. The third-order valence-electron chi connectivity index (χ3n) is 3.38. The number of hydrogen-bond acceptors (Lipinski definition) is 5. The van der Waals surface area contributed by atoms with Crippen LogP contribution in [0, 0.1) is 0 Å². The summed E-state index contributed by atoms with van der Waals surface area (Å²) in [6.07, 6.45) is 0.268. The first-order valence-corrected chi connectivity index (χ1v) is 7.52. The molecule has 0 radical (unpaired) electrons. The molecule has 0 saturated carbocycles. The Labute approximate surface area is 135 Å². The summed E-state index contributed by atoms with van der Waals surface area (Å²) in [5.41, 5.74) is 1.19. The molecule has 1 N–H and O–H groups in total. The number of nitrogens with one attached hydrogen (secondary N) is 1. The van der Waals surface area contributed by atoms with Gasteiger partial charge in [0.25, 0.3) is 5.91 Å². The van der Waals surface area contributed by atoms with E-state index in [1.54, 1.807) is 16.6 Å². The van der Waals surface area contributed by atoms with E-state index < -0.39 is 5.60 Å². The third kappa shape index (κ3) is 4.22. The molecule has 0 aromatic carbocycles. The summed E-state index contributed by atoms with van der Waals surface area (Å²) >= 11 is 0. The normalized spacial score (nSPS) is 14.4. The number of aryl methyl sites for hydroxylation is 1. The summed E-state index contributed by atoms with van der Waals surface area (Å²) in [6.45, 7) is 6.38. The minimum atomic E-state index is -0.540. The molecule has 1 aromatic rings. The standard InChI is InChI=1S/C15H24N4O4/c1-15(2,3)23-14(21)19-7-6-11-10(8-19)13(18(4)17-11)16-12(20)9-22-5/h6-9H2,1-5H3,(H,16,20). The highest BCUT2D eigenvalue weighted by Crippen LogP contribution is 2.26. The topological polar surface area (TPSA) is 85.7 Å². The number of rotatable bonds is 3. The minimum Gasteiger partial charge on any atom is -0.444 e. The van der Waals surface area contributed by atoms with Crippen LogP contribution in [-0.4, -0.2) is 52.5 Å². The number of nitrogens with zero attached hydrogens (tertiary/aromatic N) is 3. The molecular weight excluding hydrogens is 300 g/mol. The number of anilines is 1. The van der Waals surface area contributed by atoms with Crippen LogP contribution in [-0.2, 0) is 34.3 Å². The number of aromatic nitrogens is 2. The zero-order chi connectivity index (χ0) is 17.2. The van der Waals surface area contributed by atoms with E-state index in [1.165, 1.54) is 7.11 Å². The van der Waals surface area contributed by atoms with Gasteiger partial charge in [0.1, 0.15) is 18.0 Å². The van der Waals surface area contributed by atoms with Crippen LogP contribution >= 0.6 is 0 Å². The first kappa shape index (κ1) is 17.3. The minimum absolute atomic E-state index is 0.0320. The van der Waals surface area contributed by atoms with Crippen molar-refractivity contribution in [3.63, 3.8) is 0 Å². The van der Waals surface area contributed by atoms with Crippen molar-refractivity contribution >= 4 is 17.8 Å². The SMILES string of the molecule is COCC(=O)Nc1c2c(nn1C)CCN(C(=O)OC(C)(C)C)C2. The van der Waals surface area contributed by atoms with Crippen molar-refractivity contribution in [2.75, 3.05) is 25.6 Å². The molecule has 0 saturated heterocycles. The van der Waals surface area contributed by atoms with Crippen LogP contribution in [0.4, 0.5) is 10.6 Å². The van der Waals surface area contributed by atoms with Crippen LogP contribution in [0.25, 0.3) is 0 Å². The second kappa shape index (κ2) is 6.57. The molecule has 2 rings (SSSR count). The van der Waals surface area contributed by atoms with E-state index in [4.69, 9.17) is 9.47 Å². The van der Waals surface area contributed by atoms with Crippen LogP contribution < -0.4 is 5.32 Å². The zero-order valence-electron chi connectivity index (χ0n) is 14.3. The predicted octanol–water partition coefficient (Wildman–Crippen LogP) is 1.30. The maximum atomic E-state index is 12.2. The van der Waals surface area contributed by atoms with E-state index in [2.05, 4.69) is 10.4 Å². The van der Waals surface area contributed by atoms with E-state index in [0.29, 0.717) is 25.3 Å². The van der Waals surface area contributed by atoms with Crippen molar-refractivity contribution in [3.05, 3.63) is 11.3 Å². The number of carbonyl (C=O) groups is 2. The van der Waals surface area contributed by atoms with Gasteiger partial charge in [0.2, 0.25) is 0 Å². The monoisotopic (exact) mass is 324 g/mol. The van der Waals surface area contributed by atoms with Gasteiger partial charge < -0.3 is 19.7 Å². The number of hydrogen-bond donors (Lipinski definition) is 1. The fraction of sp³-hybridized carbons (Fsp3) is 0.667. The Morgan fingerprint density at radius 1 is 1.35 bits per heavy atom.